The van der Waals surface area contributed by atoms with Gasteiger partial charge in [-0.3, -0.25) is 4.79 Å². The average molecular weight is 307 g/mol. The molecular formula is C21H25NO. The fraction of sp³-hybridized carbons (Fsp3) is 0.286. The quantitative estimate of drug-likeness (QED) is 0.773. The second-order valence-corrected chi connectivity index (χ2v) is 6.71. The summed E-state index contributed by atoms with van der Waals surface area (Å²) in [5.41, 5.74) is 4.48. The molecule has 2 nitrogen and oxygen atoms in total. The molecule has 23 heavy (non-hydrogen) atoms. The predicted octanol–water partition coefficient (Wildman–Crippen LogP) is 5.20. The lowest BCUT2D eigenvalue weighted by Crippen LogP contribution is -2.10. The molecule has 1 N–H and O–H groups in total. The van der Waals surface area contributed by atoms with Gasteiger partial charge in [-0.25, -0.2) is 0 Å². The van der Waals surface area contributed by atoms with Crippen molar-refractivity contribution in [2.75, 3.05) is 5.32 Å². The molecule has 0 atom stereocenters. The van der Waals surface area contributed by atoms with Gasteiger partial charge in [-0.15, -0.1) is 0 Å². The molecular weight excluding hydrogens is 282 g/mol. The number of benzene rings is 2. The molecule has 120 valence electrons. The van der Waals surface area contributed by atoms with Crippen LogP contribution in [0.5, 0.6) is 0 Å². The molecule has 2 aromatic carbocycles. The Morgan fingerprint density at radius 3 is 2.30 bits per heavy atom. The minimum absolute atomic E-state index is 0.106. The number of carbonyl (C=O) groups excluding carboxylic acids is 1. The maximum Gasteiger partial charge on any atom is 0.248 e. The van der Waals surface area contributed by atoms with E-state index in [0.29, 0.717) is 0 Å². The van der Waals surface area contributed by atoms with E-state index < -0.39 is 0 Å². The summed E-state index contributed by atoms with van der Waals surface area (Å²) in [6.07, 6.45) is 4.32. The van der Waals surface area contributed by atoms with Crippen LogP contribution >= 0.6 is 0 Å². The third-order valence-corrected chi connectivity index (χ3v) is 3.86. The molecule has 0 unspecified atom stereocenters. The first-order valence-corrected chi connectivity index (χ1v) is 8.07. The SMILES string of the molecule is CCc1ccccc1NC(=O)/C=C/c1ccc(C(C)(C)C)cc1. The van der Waals surface area contributed by atoms with Crippen molar-refractivity contribution in [2.45, 2.75) is 39.5 Å². The molecule has 0 spiro atoms. The van der Waals surface area contributed by atoms with Gasteiger partial charge < -0.3 is 5.32 Å². The van der Waals surface area contributed by atoms with Crippen molar-refractivity contribution in [3.05, 3.63) is 71.3 Å². The number of hydrogen-bond acceptors (Lipinski definition) is 1. The number of anilines is 1. The fourth-order valence-electron chi connectivity index (χ4n) is 2.39. The van der Waals surface area contributed by atoms with Crippen LogP contribution in [0.4, 0.5) is 5.69 Å². The van der Waals surface area contributed by atoms with Gasteiger partial charge in [-0.05, 0) is 40.7 Å². The van der Waals surface area contributed by atoms with Crippen LogP contribution in [0.3, 0.4) is 0 Å². The second kappa shape index (κ2) is 7.28. The van der Waals surface area contributed by atoms with Crippen molar-refractivity contribution >= 4 is 17.7 Å². The van der Waals surface area contributed by atoms with Gasteiger partial charge in [0.15, 0.2) is 0 Å². The van der Waals surface area contributed by atoms with Crippen LogP contribution in [0.25, 0.3) is 6.08 Å². The van der Waals surface area contributed by atoms with Gasteiger partial charge in [0.05, 0.1) is 0 Å². The largest absolute Gasteiger partial charge is 0.322 e. The van der Waals surface area contributed by atoms with Gasteiger partial charge in [0.1, 0.15) is 0 Å². The first-order chi connectivity index (χ1) is 10.9. The van der Waals surface area contributed by atoms with E-state index in [1.165, 1.54) is 5.56 Å². The summed E-state index contributed by atoms with van der Waals surface area (Å²) < 4.78 is 0. The van der Waals surface area contributed by atoms with Crippen molar-refractivity contribution in [2.24, 2.45) is 0 Å². The zero-order valence-electron chi connectivity index (χ0n) is 14.4. The number of aryl methyl sites for hydroxylation is 1. The van der Waals surface area contributed by atoms with Crippen molar-refractivity contribution in [1.29, 1.82) is 0 Å². The standard InChI is InChI=1S/C21H25NO/c1-5-17-8-6-7-9-19(17)22-20(23)15-12-16-10-13-18(14-11-16)21(2,3)4/h6-15H,5H2,1-4H3,(H,22,23)/b15-12+. The third kappa shape index (κ3) is 4.82. The minimum Gasteiger partial charge on any atom is -0.322 e. The van der Waals surface area contributed by atoms with Crippen LogP contribution in [-0.4, -0.2) is 5.91 Å². The van der Waals surface area contributed by atoms with E-state index >= 15 is 0 Å². The van der Waals surface area contributed by atoms with Crippen molar-refractivity contribution < 1.29 is 4.79 Å². The molecule has 2 rings (SSSR count). The molecule has 2 heteroatoms. The predicted molar refractivity (Wildman–Crippen MR) is 98.6 cm³/mol. The molecule has 0 bridgehead atoms. The maximum absolute atomic E-state index is 12.1. The Balaban J connectivity index is 2.04. The lowest BCUT2D eigenvalue weighted by Gasteiger charge is -2.18. The van der Waals surface area contributed by atoms with E-state index in [9.17, 15) is 4.79 Å². The summed E-state index contributed by atoms with van der Waals surface area (Å²) in [6.45, 7) is 8.65. The van der Waals surface area contributed by atoms with E-state index in [1.54, 1.807) is 6.08 Å². The van der Waals surface area contributed by atoms with Gasteiger partial charge in [-0.2, -0.15) is 0 Å². The Morgan fingerprint density at radius 2 is 1.70 bits per heavy atom. The molecule has 0 radical (unpaired) electrons. The summed E-state index contributed by atoms with van der Waals surface area (Å²) in [4.78, 5) is 12.1. The summed E-state index contributed by atoms with van der Waals surface area (Å²) in [5, 5.41) is 2.94. The highest BCUT2D eigenvalue weighted by Gasteiger charge is 2.12. The van der Waals surface area contributed by atoms with Crippen LogP contribution in [0.1, 0.15) is 44.4 Å². The van der Waals surface area contributed by atoms with Gasteiger partial charge >= 0.3 is 0 Å². The Bertz CT molecular complexity index is 691. The summed E-state index contributed by atoms with van der Waals surface area (Å²) in [7, 11) is 0. The lowest BCUT2D eigenvalue weighted by molar-refractivity contribution is -0.111. The molecule has 2 aromatic rings. The molecule has 0 aliphatic carbocycles. The minimum atomic E-state index is -0.106. The molecule has 0 aliphatic heterocycles. The van der Waals surface area contributed by atoms with Crippen molar-refractivity contribution in [3.63, 3.8) is 0 Å². The number of carbonyl (C=O) groups is 1. The zero-order valence-corrected chi connectivity index (χ0v) is 14.4. The van der Waals surface area contributed by atoms with Crippen LogP contribution in [-0.2, 0) is 16.6 Å². The molecule has 0 heterocycles. The van der Waals surface area contributed by atoms with E-state index in [-0.39, 0.29) is 11.3 Å². The van der Waals surface area contributed by atoms with Crippen LogP contribution in [0.15, 0.2) is 54.6 Å². The Morgan fingerprint density at radius 1 is 1.04 bits per heavy atom. The molecule has 0 aliphatic rings. The second-order valence-electron chi connectivity index (χ2n) is 6.71. The summed E-state index contributed by atoms with van der Waals surface area (Å²) in [6, 6.07) is 16.2. The van der Waals surface area contributed by atoms with Crippen LogP contribution in [0, 0.1) is 0 Å². The number of rotatable bonds is 4. The first-order valence-electron chi connectivity index (χ1n) is 8.07. The van der Waals surface area contributed by atoms with Crippen LogP contribution in [0.2, 0.25) is 0 Å². The number of para-hydroxylation sites is 1. The summed E-state index contributed by atoms with van der Waals surface area (Å²) in [5.74, 6) is -0.106. The van der Waals surface area contributed by atoms with Gasteiger partial charge in [-0.1, -0.05) is 70.2 Å². The molecule has 0 saturated carbocycles. The highest BCUT2D eigenvalue weighted by atomic mass is 16.1. The lowest BCUT2D eigenvalue weighted by atomic mass is 9.87. The zero-order chi connectivity index (χ0) is 16.9. The smallest absolute Gasteiger partial charge is 0.248 e. The molecule has 0 aromatic heterocycles. The van der Waals surface area contributed by atoms with E-state index in [0.717, 1.165) is 23.2 Å². The highest BCUT2D eigenvalue weighted by molar-refractivity contribution is 6.02. The maximum atomic E-state index is 12.1. The van der Waals surface area contributed by atoms with Gasteiger partial charge in [0.25, 0.3) is 0 Å². The number of nitrogens with one attached hydrogen (secondary N) is 1. The molecule has 1 amide bonds. The van der Waals surface area contributed by atoms with E-state index in [4.69, 9.17) is 0 Å². The normalized spacial score (nSPS) is 11.7. The summed E-state index contributed by atoms with van der Waals surface area (Å²) >= 11 is 0. The Kier molecular flexibility index (Phi) is 5.38. The monoisotopic (exact) mass is 307 g/mol. The van der Waals surface area contributed by atoms with Gasteiger partial charge in [0.2, 0.25) is 5.91 Å². The van der Waals surface area contributed by atoms with Crippen LogP contribution < -0.4 is 5.32 Å². The first kappa shape index (κ1) is 17.0. The Labute approximate surface area is 139 Å². The third-order valence-electron chi connectivity index (χ3n) is 3.86. The van der Waals surface area contributed by atoms with E-state index in [2.05, 4.69) is 45.1 Å². The van der Waals surface area contributed by atoms with Gasteiger partial charge in [0, 0.05) is 11.8 Å². The highest BCUT2D eigenvalue weighted by Crippen LogP contribution is 2.22. The Hall–Kier alpha value is -2.35. The number of hydrogen-bond donors (Lipinski definition) is 1. The average Bonchev–Trinajstić information content (AvgIpc) is 2.53. The number of amides is 1. The fourth-order valence-corrected chi connectivity index (χ4v) is 2.39. The molecule has 0 saturated heterocycles. The molecule has 0 fully saturated rings. The van der Waals surface area contributed by atoms with Crippen molar-refractivity contribution in [1.82, 2.24) is 0 Å². The van der Waals surface area contributed by atoms with E-state index in [1.807, 2.05) is 42.5 Å². The van der Waals surface area contributed by atoms with Crippen molar-refractivity contribution in [3.8, 4) is 0 Å². The topological polar surface area (TPSA) is 29.1 Å².